The Morgan fingerprint density at radius 3 is 2.75 bits per heavy atom. The number of aryl methyl sites for hydroxylation is 1. The van der Waals surface area contributed by atoms with Crippen molar-refractivity contribution in [2.75, 3.05) is 11.9 Å². The molecule has 5 nitrogen and oxygen atoms in total. The number of carbonyl (C=O) groups excluding carboxylic acids is 1. The van der Waals surface area contributed by atoms with E-state index in [1.165, 1.54) is 6.42 Å². The van der Waals surface area contributed by atoms with Gasteiger partial charge in [0.15, 0.2) is 0 Å². The molecular formula is C15H26N4O. The topological polar surface area (TPSA) is 59.0 Å². The zero-order valence-corrected chi connectivity index (χ0v) is 13.0. The lowest BCUT2D eigenvalue weighted by Crippen LogP contribution is -2.40. The predicted molar refractivity (Wildman–Crippen MR) is 81.0 cm³/mol. The van der Waals surface area contributed by atoms with E-state index in [1.807, 2.05) is 18.5 Å². The van der Waals surface area contributed by atoms with Gasteiger partial charge in [0.1, 0.15) is 0 Å². The molecule has 0 aliphatic carbocycles. The van der Waals surface area contributed by atoms with Gasteiger partial charge in [0.05, 0.1) is 23.1 Å². The minimum Gasteiger partial charge on any atom is -0.322 e. The molecule has 112 valence electrons. The van der Waals surface area contributed by atoms with Crippen LogP contribution in [0.4, 0.5) is 5.69 Å². The molecule has 0 spiro atoms. The standard InChI is InChI=1S/C15H26N4O/c1-10(2)19-12(4)14(11(3)18-19)17-15(20)13-8-6-5-7-9-16-13/h10,13,16H,5-9H2,1-4H3,(H,17,20). The average molecular weight is 278 g/mol. The summed E-state index contributed by atoms with van der Waals surface area (Å²) in [5, 5.41) is 10.9. The second-order valence-electron chi connectivity index (χ2n) is 5.93. The summed E-state index contributed by atoms with van der Waals surface area (Å²) in [6.45, 7) is 9.08. The van der Waals surface area contributed by atoms with Crippen LogP contribution in [0.15, 0.2) is 0 Å². The van der Waals surface area contributed by atoms with Gasteiger partial charge in [0, 0.05) is 6.04 Å². The molecule has 2 N–H and O–H groups in total. The first-order chi connectivity index (χ1) is 9.50. The van der Waals surface area contributed by atoms with E-state index >= 15 is 0 Å². The van der Waals surface area contributed by atoms with Crippen molar-refractivity contribution in [2.45, 2.75) is 65.5 Å². The first-order valence-electron chi connectivity index (χ1n) is 7.60. The van der Waals surface area contributed by atoms with Gasteiger partial charge in [0.25, 0.3) is 0 Å². The normalized spacial score (nSPS) is 19.9. The van der Waals surface area contributed by atoms with Gasteiger partial charge in [0.2, 0.25) is 5.91 Å². The van der Waals surface area contributed by atoms with Crippen LogP contribution in [-0.4, -0.2) is 28.3 Å². The monoisotopic (exact) mass is 278 g/mol. The van der Waals surface area contributed by atoms with E-state index in [0.29, 0.717) is 6.04 Å². The van der Waals surface area contributed by atoms with E-state index in [-0.39, 0.29) is 11.9 Å². The Balaban J connectivity index is 2.11. The highest BCUT2D eigenvalue weighted by Gasteiger charge is 2.22. The summed E-state index contributed by atoms with van der Waals surface area (Å²) < 4.78 is 1.96. The van der Waals surface area contributed by atoms with Crippen LogP contribution < -0.4 is 10.6 Å². The van der Waals surface area contributed by atoms with Gasteiger partial charge in [-0.3, -0.25) is 9.48 Å². The SMILES string of the molecule is Cc1nn(C(C)C)c(C)c1NC(=O)C1CCCCCN1. The van der Waals surface area contributed by atoms with Crippen LogP contribution in [0, 0.1) is 13.8 Å². The first-order valence-corrected chi connectivity index (χ1v) is 7.60. The van der Waals surface area contributed by atoms with Crippen molar-refractivity contribution in [1.82, 2.24) is 15.1 Å². The Labute approximate surface area is 121 Å². The maximum absolute atomic E-state index is 12.4. The van der Waals surface area contributed by atoms with E-state index < -0.39 is 0 Å². The molecule has 20 heavy (non-hydrogen) atoms. The Kier molecular flexibility index (Phi) is 4.81. The molecule has 1 fully saturated rings. The summed E-state index contributed by atoms with van der Waals surface area (Å²) in [5.74, 6) is 0.0707. The molecule has 1 amide bonds. The van der Waals surface area contributed by atoms with Crippen LogP contribution in [0.5, 0.6) is 0 Å². The molecule has 1 aliphatic rings. The summed E-state index contributed by atoms with van der Waals surface area (Å²) >= 11 is 0. The van der Waals surface area contributed by atoms with Crippen molar-refractivity contribution in [2.24, 2.45) is 0 Å². The van der Waals surface area contributed by atoms with E-state index in [0.717, 1.165) is 42.9 Å². The Bertz CT molecular complexity index is 470. The zero-order valence-electron chi connectivity index (χ0n) is 13.0. The maximum Gasteiger partial charge on any atom is 0.241 e. The Hall–Kier alpha value is -1.36. The lowest BCUT2D eigenvalue weighted by atomic mass is 10.1. The van der Waals surface area contributed by atoms with Crippen molar-refractivity contribution in [1.29, 1.82) is 0 Å². The van der Waals surface area contributed by atoms with Gasteiger partial charge in [-0.25, -0.2) is 0 Å². The van der Waals surface area contributed by atoms with Crippen LogP contribution in [-0.2, 0) is 4.79 Å². The molecule has 0 radical (unpaired) electrons. The quantitative estimate of drug-likeness (QED) is 0.893. The molecule has 1 saturated heterocycles. The van der Waals surface area contributed by atoms with Gasteiger partial charge >= 0.3 is 0 Å². The van der Waals surface area contributed by atoms with Crippen LogP contribution in [0.25, 0.3) is 0 Å². The highest BCUT2D eigenvalue weighted by atomic mass is 16.2. The predicted octanol–water partition coefficient (Wildman–Crippen LogP) is 2.55. The molecule has 2 rings (SSSR count). The van der Waals surface area contributed by atoms with Gasteiger partial charge in [-0.2, -0.15) is 5.10 Å². The first kappa shape index (κ1) is 15.0. The molecule has 1 aromatic heterocycles. The molecule has 1 atom stereocenters. The molecule has 2 heterocycles. The minimum atomic E-state index is -0.0706. The van der Waals surface area contributed by atoms with Gasteiger partial charge < -0.3 is 10.6 Å². The fourth-order valence-electron chi connectivity index (χ4n) is 2.81. The number of hydrogen-bond donors (Lipinski definition) is 2. The lowest BCUT2D eigenvalue weighted by Gasteiger charge is -2.16. The Morgan fingerprint density at radius 2 is 2.10 bits per heavy atom. The highest BCUT2D eigenvalue weighted by Crippen LogP contribution is 2.23. The van der Waals surface area contributed by atoms with E-state index in [4.69, 9.17) is 0 Å². The maximum atomic E-state index is 12.4. The Morgan fingerprint density at radius 1 is 1.35 bits per heavy atom. The van der Waals surface area contributed by atoms with Gasteiger partial charge in [-0.15, -0.1) is 0 Å². The summed E-state index contributed by atoms with van der Waals surface area (Å²) in [4.78, 5) is 12.4. The number of aromatic nitrogens is 2. The number of nitrogens with zero attached hydrogens (tertiary/aromatic N) is 2. The molecule has 5 heteroatoms. The van der Waals surface area contributed by atoms with Crippen LogP contribution in [0.1, 0.15) is 57.0 Å². The van der Waals surface area contributed by atoms with Crippen LogP contribution in [0.2, 0.25) is 0 Å². The summed E-state index contributed by atoms with van der Waals surface area (Å²) in [5.41, 5.74) is 2.78. The second-order valence-corrected chi connectivity index (χ2v) is 5.93. The van der Waals surface area contributed by atoms with Crippen molar-refractivity contribution in [3.63, 3.8) is 0 Å². The van der Waals surface area contributed by atoms with Crippen molar-refractivity contribution in [3.8, 4) is 0 Å². The van der Waals surface area contributed by atoms with Crippen LogP contribution in [0.3, 0.4) is 0 Å². The molecule has 0 bridgehead atoms. The number of hydrogen-bond acceptors (Lipinski definition) is 3. The highest BCUT2D eigenvalue weighted by molar-refractivity contribution is 5.95. The third-order valence-electron chi connectivity index (χ3n) is 3.94. The van der Waals surface area contributed by atoms with Gasteiger partial charge in [-0.1, -0.05) is 12.8 Å². The fraction of sp³-hybridized carbons (Fsp3) is 0.733. The van der Waals surface area contributed by atoms with E-state index in [1.54, 1.807) is 0 Å². The third-order valence-corrected chi connectivity index (χ3v) is 3.94. The minimum absolute atomic E-state index is 0.0706. The molecule has 1 unspecified atom stereocenters. The average Bonchev–Trinajstić information content (AvgIpc) is 2.64. The molecule has 0 saturated carbocycles. The van der Waals surface area contributed by atoms with Crippen LogP contribution >= 0.6 is 0 Å². The fourth-order valence-corrected chi connectivity index (χ4v) is 2.81. The molecule has 1 aliphatic heterocycles. The largest absolute Gasteiger partial charge is 0.322 e. The summed E-state index contributed by atoms with van der Waals surface area (Å²) in [6.07, 6.45) is 4.41. The molecule has 1 aromatic rings. The van der Waals surface area contributed by atoms with Crippen molar-refractivity contribution >= 4 is 11.6 Å². The summed E-state index contributed by atoms with van der Waals surface area (Å²) in [6, 6.07) is 0.231. The zero-order chi connectivity index (χ0) is 14.7. The number of carbonyl (C=O) groups is 1. The lowest BCUT2D eigenvalue weighted by molar-refractivity contribution is -0.118. The van der Waals surface area contributed by atoms with E-state index in [2.05, 4.69) is 29.6 Å². The number of nitrogens with one attached hydrogen (secondary N) is 2. The number of anilines is 1. The second kappa shape index (κ2) is 6.39. The molecular weight excluding hydrogens is 252 g/mol. The summed E-state index contributed by atoms with van der Waals surface area (Å²) in [7, 11) is 0. The van der Waals surface area contributed by atoms with Crippen molar-refractivity contribution in [3.05, 3.63) is 11.4 Å². The smallest absolute Gasteiger partial charge is 0.241 e. The van der Waals surface area contributed by atoms with Gasteiger partial charge in [-0.05, 0) is 47.1 Å². The number of rotatable bonds is 3. The molecule has 0 aromatic carbocycles. The number of amides is 1. The van der Waals surface area contributed by atoms with Crippen molar-refractivity contribution < 1.29 is 4.79 Å². The third kappa shape index (κ3) is 3.20. The van der Waals surface area contributed by atoms with E-state index in [9.17, 15) is 4.79 Å².